The Balaban J connectivity index is 1.40. The van der Waals surface area contributed by atoms with Gasteiger partial charge in [0.15, 0.2) is 5.69 Å². The number of carboxylic acids is 1. The fourth-order valence-corrected chi connectivity index (χ4v) is 4.21. The molecule has 0 spiro atoms. The average Bonchev–Trinajstić information content (AvgIpc) is 3.35. The van der Waals surface area contributed by atoms with Gasteiger partial charge in [-0.1, -0.05) is 61.9 Å². The van der Waals surface area contributed by atoms with Gasteiger partial charge in [0, 0.05) is 19.0 Å². The fourth-order valence-electron chi connectivity index (χ4n) is 4.21. The van der Waals surface area contributed by atoms with Crippen molar-refractivity contribution in [3.8, 4) is 11.1 Å². The van der Waals surface area contributed by atoms with E-state index in [0.717, 1.165) is 22.3 Å². The molecule has 2 aromatic carbocycles. The fraction of sp³-hybridized carbons (Fsp3) is 0.280. The predicted octanol–water partition coefficient (Wildman–Crippen LogP) is 3.76. The number of anilines is 1. The maximum atomic E-state index is 12.5. The number of fused-ring (bicyclic) bond motifs is 3. The Labute approximate surface area is 196 Å². The van der Waals surface area contributed by atoms with Crippen LogP contribution in [0.1, 0.15) is 47.3 Å². The van der Waals surface area contributed by atoms with Crippen molar-refractivity contribution >= 4 is 23.8 Å². The topological polar surface area (TPSA) is 123 Å². The lowest BCUT2D eigenvalue weighted by Gasteiger charge is -2.14. The van der Waals surface area contributed by atoms with E-state index in [4.69, 9.17) is 4.74 Å². The lowest BCUT2D eigenvalue weighted by Crippen LogP contribution is -2.40. The molecular formula is C25H26N4O5. The van der Waals surface area contributed by atoms with Crippen LogP contribution in [0.15, 0.2) is 54.6 Å². The highest BCUT2D eigenvalue weighted by atomic mass is 16.5. The molecule has 1 heterocycles. The Bertz CT molecular complexity index is 1190. The molecule has 34 heavy (non-hydrogen) atoms. The molecule has 2 amide bonds. The summed E-state index contributed by atoms with van der Waals surface area (Å²) in [6.45, 7) is 1.99. The smallest absolute Gasteiger partial charge is 0.412 e. The Morgan fingerprint density at radius 1 is 1.09 bits per heavy atom. The van der Waals surface area contributed by atoms with Gasteiger partial charge in [-0.15, -0.1) is 0 Å². The zero-order valence-corrected chi connectivity index (χ0v) is 18.9. The second-order valence-electron chi connectivity index (χ2n) is 8.14. The largest absolute Gasteiger partial charge is 0.480 e. The quantitative estimate of drug-likeness (QED) is 0.468. The molecule has 3 N–H and O–H groups in total. The van der Waals surface area contributed by atoms with Crippen molar-refractivity contribution in [2.75, 3.05) is 11.9 Å². The Morgan fingerprint density at radius 2 is 1.71 bits per heavy atom. The van der Waals surface area contributed by atoms with Crippen molar-refractivity contribution in [1.82, 2.24) is 15.1 Å². The van der Waals surface area contributed by atoms with Gasteiger partial charge in [0.25, 0.3) is 5.91 Å². The molecule has 0 radical (unpaired) electrons. The van der Waals surface area contributed by atoms with Gasteiger partial charge in [0.05, 0.1) is 0 Å². The van der Waals surface area contributed by atoms with E-state index in [-0.39, 0.29) is 24.0 Å². The van der Waals surface area contributed by atoms with Crippen LogP contribution in [0, 0.1) is 0 Å². The highest BCUT2D eigenvalue weighted by molar-refractivity contribution is 5.96. The number of carbonyl (C=O) groups excluding carboxylic acids is 2. The molecule has 0 aliphatic heterocycles. The molecule has 3 aromatic rings. The Hall–Kier alpha value is -4.14. The summed E-state index contributed by atoms with van der Waals surface area (Å²) in [5.74, 6) is -1.55. The van der Waals surface area contributed by atoms with E-state index in [0.29, 0.717) is 12.8 Å². The molecule has 1 aliphatic rings. The lowest BCUT2D eigenvalue weighted by atomic mass is 9.98. The third kappa shape index (κ3) is 4.63. The Morgan fingerprint density at radius 3 is 2.29 bits per heavy atom. The van der Waals surface area contributed by atoms with Gasteiger partial charge >= 0.3 is 12.1 Å². The number of hydrogen-bond acceptors (Lipinski definition) is 5. The van der Waals surface area contributed by atoms with Crippen LogP contribution in [0.4, 0.5) is 10.6 Å². The first kappa shape index (κ1) is 23.0. The third-order valence-electron chi connectivity index (χ3n) is 5.87. The summed E-state index contributed by atoms with van der Waals surface area (Å²) in [7, 11) is 1.57. The zero-order chi connectivity index (χ0) is 24.2. The van der Waals surface area contributed by atoms with Crippen molar-refractivity contribution in [2.24, 2.45) is 7.05 Å². The van der Waals surface area contributed by atoms with Crippen LogP contribution in [0.5, 0.6) is 0 Å². The number of rotatable bonds is 8. The van der Waals surface area contributed by atoms with E-state index in [1.54, 1.807) is 7.05 Å². The molecule has 9 heteroatoms. The van der Waals surface area contributed by atoms with Gasteiger partial charge in [0.1, 0.15) is 18.5 Å². The summed E-state index contributed by atoms with van der Waals surface area (Å²) < 4.78 is 6.85. The number of aryl methyl sites for hydroxylation is 1. The number of aliphatic carboxylic acids is 1. The van der Waals surface area contributed by atoms with Crippen molar-refractivity contribution in [3.63, 3.8) is 0 Å². The molecule has 1 aromatic heterocycles. The van der Waals surface area contributed by atoms with Gasteiger partial charge in [-0.25, -0.2) is 9.59 Å². The first-order valence-corrected chi connectivity index (χ1v) is 11.1. The molecule has 4 rings (SSSR count). The number of aromatic nitrogens is 2. The van der Waals surface area contributed by atoms with Crippen LogP contribution < -0.4 is 10.6 Å². The maximum Gasteiger partial charge on any atom is 0.412 e. The summed E-state index contributed by atoms with van der Waals surface area (Å²) in [6, 6.07) is 16.5. The van der Waals surface area contributed by atoms with Crippen LogP contribution in [-0.4, -0.2) is 45.5 Å². The molecule has 0 saturated carbocycles. The van der Waals surface area contributed by atoms with Crippen molar-refractivity contribution in [2.45, 2.75) is 31.7 Å². The minimum absolute atomic E-state index is 0.00111. The number of nitrogens with one attached hydrogen (secondary N) is 2. The molecule has 9 nitrogen and oxygen atoms in total. The van der Waals surface area contributed by atoms with Crippen LogP contribution in [-0.2, 0) is 16.6 Å². The predicted molar refractivity (Wildman–Crippen MR) is 126 cm³/mol. The number of carboxylic acid groups (broad SMARTS) is 1. The molecule has 0 fully saturated rings. The lowest BCUT2D eigenvalue weighted by molar-refractivity contribution is -0.139. The summed E-state index contributed by atoms with van der Waals surface area (Å²) in [6.07, 6.45) is 0.235. The van der Waals surface area contributed by atoms with E-state index in [1.165, 1.54) is 10.7 Å². The van der Waals surface area contributed by atoms with Gasteiger partial charge in [-0.3, -0.25) is 14.8 Å². The van der Waals surface area contributed by atoms with Gasteiger partial charge in [-0.05, 0) is 28.7 Å². The first-order chi connectivity index (χ1) is 16.4. The number of benzene rings is 2. The van der Waals surface area contributed by atoms with Crippen molar-refractivity contribution in [1.29, 1.82) is 0 Å². The molecule has 176 valence electrons. The normalized spacial score (nSPS) is 13.0. The standard InChI is InChI=1S/C25H26N4O5/c1-3-8-20(24(31)32)26-23(30)21-13-22(29(2)28-21)27-25(33)34-14-19-17-11-6-4-9-15(17)16-10-5-7-12-18(16)19/h4-7,9-13,19-20H,3,8,14H2,1-2H3,(H,26,30)(H,27,33)(H,31,32)/t20-/m0/s1. The number of nitrogens with zero attached hydrogens (tertiary/aromatic N) is 2. The SMILES string of the molecule is CCC[C@H](NC(=O)c1cc(NC(=O)OCC2c3ccccc3-c3ccccc32)n(C)n1)C(=O)O. The second kappa shape index (κ2) is 9.78. The molecule has 1 aliphatic carbocycles. The van der Waals surface area contributed by atoms with Crippen molar-refractivity contribution in [3.05, 3.63) is 71.4 Å². The highest BCUT2D eigenvalue weighted by Crippen LogP contribution is 2.44. The van der Waals surface area contributed by atoms with Crippen LogP contribution >= 0.6 is 0 Å². The highest BCUT2D eigenvalue weighted by Gasteiger charge is 2.29. The monoisotopic (exact) mass is 462 g/mol. The molecule has 0 unspecified atom stereocenters. The summed E-state index contributed by atoms with van der Waals surface area (Å²) in [5.41, 5.74) is 4.49. The number of carbonyl (C=O) groups is 3. The average molecular weight is 463 g/mol. The third-order valence-corrected chi connectivity index (χ3v) is 5.87. The molecule has 0 saturated heterocycles. The van der Waals surface area contributed by atoms with Crippen LogP contribution in [0.25, 0.3) is 11.1 Å². The maximum absolute atomic E-state index is 12.5. The van der Waals surface area contributed by atoms with E-state index >= 15 is 0 Å². The summed E-state index contributed by atoms with van der Waals surface area (Å²) in [4.78, 5) is 36.2. The van der Waals surface area contributed by atoms with Gasteiger partial charge in [0.2, 0.25) is 0 Å². The van der Waals surface area contributed by atoms with Crippen LogP contribution in [0.2, 0.25) is 0 Å². The zero-order valence-electron chi connectivity index (χ0n) is 18.9. The first-order valence-electron chi connectivity index (χ1n) is 11.1. The number of hydrogen-bond donors (Lipinski definition) is 3. The molecule has 1 atom stereocenters. The second-order valence-corrected chi connectivity index (χ2v) is 8.14. The van der Waals surface area contributed by atoms with Gasteiger partial charge < -0.3 is 15.2 Å². The van der Waals surface area contributed by atoms with Crippen LogP contribution in [0.3, 0.4) is 0 Å². The minimum Gasteiger partial charge on any atom is -0.480 e. The summed E-state index contributed by atoms with van der Waals surface area (Å²) in [5, 5.41) is 18.4. The Kier molecular flexibility index (Phi) is 6.62. The molecule has 0 bridgehead atoms. The van der Waals surface area contributed by atoms with E-state index in [9.17, 15) is 19.5 Å². The number of ether oxygens (including phenoxy) is 1. The van der Waals surface area contributed by atoms with E-state index in [2.05, 4.69) is 27.9 Å². The van der Waals surface area contributed by atoms with Gasteiger partial charge in [-0.2, -0.15) is 5.10 Å². The molecular weight excluding hydrogens is 436 g/mol. The van der Waals surface area contributed by atoms with E-state index < -0.39 is 24.0 Å². The summed E-state index contributed by atoms with van der Waals surface area (Å²) >= 11 is 0. The number of amides is 2. The van der Waals surface area contributed by atoms with Crippen molar-refractivity contribution < 1.29 is 24.2 Å². The minimum atomic E-state index is -1.11. The van der Waals surface area contributed by atoms with E-state index in [1.807, 2.05) is 43.3 Å².